The van der Waals surface area contributed by atoms with Crippen molar-refractivity contribution in [2.45, 2.75) is 38.5 Å². The fourth-order valence-electron chi connectivity index (χ4n) is 2.08. The van der Waals surface area contributed by atoms with Gasteiger partial charge in [0.15, 0.2) is 0 Å². The first-order valence-electron chi connectivity index (χ1n) is 6.89. The summed E-state index contributed by atoms with van der Waals surface area (Å²) in [6, 6.07) is 0. The Bertz CT molecular complexity index is 339. The van der Waals surface area contributed by atoms with Gasteiger partial charge in [0.1, 0.15) is 10.0 Å². The number of methoxy groups -OCH3 is 1. The quantitative estimate of drug-likeness (QED) is 0.697. The third-order valence-corrected chi connectivity index (χ3v) is 4.43. The van der Waals surface area contributed by atoms with Gasteiger partial charge in [0, 0.05) is 26.5 Å². The normalized spacial score (nSPS) is 15.8. The molecule has 0 atom stereocenters. The van der Waals surface area contributed by atoms with Crippen LogP contribution in [0.3, 0.4) is 0 Å². The minimum absolute atomic E-state index is 0.782. The average Bonchev–Trinajstić information content (AvgIpc) is 2.76. The summed E-state index contributed by atoms with van der Waals surface area (Å²) >= 11 is 1.80. The van der Waals surface area contributed by atoms with Crippen molar-refractivity contribution in [2.24, 2.45) is 5.92 Å². The Morgan fingerprint density at radius 2 is 2.11 bits per heavy atom. The van der Waals surface area contributed by atoms with Gasteiger partial charge < -0.3 is 10.1 Å². The lowest BCUT2D eigenvalue weighted by Crippen LogP contribution is -2.20. The van der Waals surface area contributed by atoms with Crippen molar-refractivity contribution in [2.75, 3.05) is 26.8 Å². The van der Waals surface area contributed by atoms with Gasteiger partial charge in [-0.1, -0.05) is 19.3 Å². The molecule has 1 aromatic heterocycles. The third kappa shape index (κ3) is 4.63. The van der Waals surface area contributed by atoms with Crippen LogP contribution in [0.1, 0.15) is 35.7 Å². The van der Waals surface area contributed by atoms with Crippen molar-refractivity contribution in [1.29, 1.82) is 0 Å². The van der Waals surface area contributed by atoms with E-state index in [1.807, 2.05) is 0 Å². The number of hydrogen-bond acceptors (Lipinski definition) is 5. The molecule has 18 heavy (non-hydrogen) atoms. The van der Waals surface area contributed by atoms with Gasteiger partial charge in [0.2, 0.25) is 0 Å². The number of aromatic nitrogens is 2. The molecule has 0 saturated heterocycles. The van der Waals surface area contributed by atoms with E-state index in [2.05, 4.69) is 15.5 Å². The van der Waals surface area contributed by atoms with Gasteiger partial charge in [-0.2, -0.15) is 0 Å². The second-order valence-electron chi connectivity index (χ2n) is 4.94. The molecule has 1 aliphatic rings. The molecule has 0 aliphatic heterocycles. The molecule has 1 N–H and O–H groups in total. The van der Waals surface area contributed by atoms with E-state index in [4.69, 9.17) is 4.74 Å². The molecule has 0 spiro atoms. The first-order valence-corrected chi connectivity index (χ1v) is 7.71. The molecule has 5 heteroatoms. The van der Waals surface area contributed by atoms with Crippen molar-refractivity contribution in [3.8, 4) is 0 Å². The van der Waals surface area contributed by atoms with E-state index in [0.717, 1.165) is 44.9 Å². The Morgan fingerprint density at radius 1 is 1.28 bits per heavy atom. The standard InChI is InChI=1S/C13H23N3OS/c1-17-9-8-14-7-3-6-12-15-16-13(18-12)10-11-4-2-5-11/h11,14H,2-10H2,1H3. The summed E-state index contributed by atoms with van der Waals surface area (Å²) in [6.45, 7) is 2.74. The molecule has 0 bridgehead atoms. The van der Waals surface area contributed by atoms with Crippen LogP contribution in [-0.2, 0) is 17.6 Å². The zero-order valence-electron chi connectivity index (χ0n) is 11.2. The zero-order chi connectivity index (χ0) is 12.6. The molecule has 1 heterocycles. The van der Waals surface area contributed by atoms with Gasteiger partial charge in [0.05, 0.1) is 6.61 Å². The van der Waals surface area contributed by atoms with Crippen molar-refractivity contribution < 1.29 is 4.74 Å². The van der Waals surface area contributed by atoms with Gasteiger partial charge in [-0.15, -0.1) is 21.5 Å². The van der Waals surface area contributed by atoms with E-state index in [1.54, 1.807) is 18.4 Å². The number of rotatable bonds is 9. The van der Waals surface area contributed by atoms with Crippen LogP contribution in [0.2, 0.25) is 0 Å². The highest BCUT2D eigenvalue weighted by atomic mass is 32.1. The number of hydrogen-bond donors (Lipinski definition) is 1. The topological polar surface area (TPSA) is 47.0 Å². The predicted octanol–water partition coefficient (Wildman–Crippen LogP) is 2.05. The minimum Gasteiger partial charge on any atom is -0.383 e. The highest BCUT2D eigenvalue weighted by molar-refractivity contribution is 7.11. The van der Waals surface area contributed by atoms with Crippen LogP contribution in [0, 0.1) is 5.92 Å². The lowest BCUT2D eigenvalue weighted by molar-refractivity contribution is 0.199. The smallest absolute Gasteiger partial charge is 0.117 e. The van der Waals surface area contributed by atoms with Crippen LogP contribution in [0.25, 0.3) is 0 Å². The molecule has 1 fully saturated rings. The molecule has 1 aliphatic carbocycles. The average molecular weight is 269 g/mol. The van der Waals surface area contributed by atoms with Crippen LogP contribution < -0.4 is 5.32 Å². The van der Waals surface area contributed by atoms with E-state index in [9.17, 15) is 0 Å². The number of nitrogens with one attached hydrogen (secondary N) is 1. The third-order valence-electron chi connectivity index (χ3n) is 3.42. The zero-order valence-corrected chi connectivity index (χ0v) is 12.0. The maximum Gasteiger partial charge on any atom is 0.117 e. The van der Waals surface area contributed by atoms with Crippen LogP contribution in [0.4, 0.5) is 0 Å². The Labute approximate surface area is 113 Å². The summed E-state index contributed by atoms with van der Waals surface area (Å²) in [7, 11) is 1.73. The molecule has 0 aromatic carbocycles. The number of aryl methyl sites for hydroxylation is 1. The lowest BCUT2D eigenvalue weighted by Gasteiger charge is -2.23. The Hall–Kier alpha value is -0.520. The van der Waals surface area contributed by atoms with Gasteiger partial charge in [-0.3, -0.25) is 0 Å². The monoisotopic (exact) mass is 269 g/mol. The van der Waals surface area contributed by atoms with Crippen molar-refractivity contribution in [3.63, 3.8) is 0 Å². The van der Waals surface area contributed by atoms with Gasteiger partial charge in [-0.05, 0) is 18.9 Å². The van der Waals surface area contributed by atoms with Crippen molar-refractivity contribution in [3.05, 3.63) is 10.0 Å². The van der Waals surface area contributed by atoms with E-state index < -0.39 is 0 Å². The van der Waals surface area contributed by atoms with Crippen LogP contribution >= 0.6 is 11.3 Å². The fraction of sp³-hybridized carbons (Fsp3) is 0.846. The minimum atomic E-state index is 0.782. The Kier molecular flexibility index (Phi) is 6.04. The summed E-state index contributed by atoms with van der Waals surface area (Å²) in [5.41, 5.74) is 0. The van der Waals surface area contributed by atoms with Crippen molar-refractivity contribution in [1.82, 2.24) is 15.5 Å². The Balaban J connectivity index is 1.57. The summed E-state index contributed by atoms with van der Waals surface area (Å²) in [5, 5.41) is 14.3. The fourth-order valence-corrected chi connectivity index (χ4v) is 3.08. The number of nitrogens with zero attached hydrogens (tertiary/aromatic N) is 2. The summed E-state index contributed by atoms with van der Waals surface area (Å²) < 4.78 is 4.98. The molecule has 0 radical (unpaired) electrons. The maximum absolute atomic E-state index is 4.98. The SMILES string of the molecule is COCCNCCCc1nnc(CC2CCC2)s1. The molecule has 0 amide bonds. The van der Waals surface area contributed by atoms with Crippen LogP contribution in [-0.4, -0.2) is 37.0 Å². The van der Waals surface area contributed by atoms with Crippen molar-refractivity contribution >= 4 is 11.3 Å². The van der Waals surface area contributed by atoms with E-state index in [1.165, 1.54) is 29.3 Å². The second-order valence-corrected chi connectivity index (χ2v) is 6.08. The summed E-state index contributed by atoms with van der Waals surface area (Å²) in [6.07, 6.45) is 7.51. The van der Waals surface area contributed by atoms with Crippen LogP contribution in [0.15, 0.2) is 0 Å². The van der Waals surface area contributed by atoms with Gasteiger partial charge >= 0.3 is 0 Å². The largest absolute Gasteiger partial charge is 0.383 e. The maximum atomic E-state index is 4.98. The first kappa shape index (κ1) is 13.9. The second kappa shape index (κ2) is 7.81. The molecule has 4 nitrogen and oxygen atoms in total. The molecule has 102 valence electrons. The highest BCUT2D eigenvalue weighted by Gasteiger charge is 2.19. The molecular formula is C13H23N3OS. The highest BCUT2D eigenvalue weighted by Crippen LogP contribution is 2.30. The molecular weight excluding hydrogens is 246 g/mol. The molecule has 1 saturated carbocycles. The van der Waals surface area contributed by atoms with E-state index in [-0.39, 0.29) is 0 Å². The predicted molar refractivity (Wildman–Crippen MR) is 74.0 cm³/mol. The van der Waals surface area contributed by atoms with Gasteiger partial charge in [0.25, 0.3) is 0 Å². The number of ether oxygens (including phenoxy) is 1. The summed E-state index contributed by atoms with van der Waals surface area (Å²) in [4.78, 5) is 0. The van der Waals surface area contributed by atoms with Gasteiger partial charge in [-0.25, -0.2) is 0 Å². The molecule has 1 aromatic rings. The molecule has 0 unspecified atom stereocenters. The van der Waals surface area contributed by atoms with E-state index >= 15 is 0 Å². The lowest BCUT2D eigenvalue weighted by atomic mass is 9.83. The van der Waals surface area contributed by atoms with E-state index in [0.29, 0.717) is 0 Å². The first-order chi connectivity index (χ1) is 8.88. The molecule has 2 rings (SSSR count). The Morgan fingerprint density at radius 3 is 2.83 bits per heavy atom. The summed E-state index contributed by atoms with van der Waals surface area (Å²) in [5.74, 6) is 0.890. The van der Waals surface area contributed by atoms with Crippen LogP contribution in [0.5, 0.6) is 0 Å².